The summed E-state index contributed by atoms with van der Waals surface area (Å²) in [6, 6.07) is 1.68. The van der Waals surface area contributed by atoms with Gasteiger partial charge in [0.1, 0.15) is 17.4 Å². The summed E-state index contributed by atoms with van der Waals surface area (Å²) in [5.74, 6) is -0.846. The lowest BCUT2D eigenvalue weighted by Gasteiger charge is -2.16. The van der Waals surface area contributed by atoms with E-state index in [0.29, 0.717) is 6.42 Å². The summed E-state index contributed by atoms with van der Waals surface area (Å²) in [6.07, 6.45) is 0.542. The molecule has 0 aliphatic heterocycles. The largest absolute Gasteiger partial charge is 0.497 e. The standard InChI is InChI=1S/C12H17F2NO/c1-7(2)4-11(15)12-9(13)5-8(16-3)6-10(12)14/h5-7,11H,4,15H2,1-3H3/t11-/m1/s1. The Hall–Kier alpha value is -1.16. The topological polar surface area (TPSA) is 35.2 Å². The van der Waals surface area contributed by atoms with Gasteiger partial charge in [0.25, 0.3) is 0 Å². The van der Waals surface area contributed by atoms with Gasteiger partial charge in [-0.05, 0) is 12.3 Å². The van der Waals surface area contributed by atoms with E-state index in [-0.39, 0.29) is 17.2 Å². The molecule has 0 saturated heterocycles. The van der Waals surface area contributed by atoms with Crippen molar-refractivity contribution in [2.45, 2.75) is 26.3 Å². The molecular formula is C12H17F2NO. The molecule has 1 atom stereocenters. The fraction of sp³-hybridized carbons (Fsp3) is 0.500. The van der Waals surface area contributed by atoms with Gasteiger partial charge in [-0.3, -0.25) is 0 Å². The Kier molecular flexibility index (Phi) is 4.24. The zero-order valence-corrected chi connectivity index (χ0v) is 9.76. The van der Waals surface area contributed by atoms with Gasteiger partial charge in [0, 0.05) is 23.7 Å². The van der Waals surface area contributed by atoms with E-state index < -0.39 is 17.7 Å². The van der Waals surface area contributed by atoms with Crippen LogP contribution < -0.4 is 10.5 Å². The molecule has 0 aliphatic carbocycles. The number of methoxy groups -OCH3 is 1. The number of benzene rings is 1. The number of halogens is 2. The van der Waals surface area contributed by atoms with Crippen LogP contribution in [0.25, 0.3) is 0 Å². The van der Waals surface area contributed by atoms with Crippen LogP contribution in [0.1, 0.15) is 31.9 Å². The summed E-state index contributed by atoms with van der Waals surface area (Å²) < 4.78 is 32.0. The maximum Gasteiger partial charge on any atom is 0.134 e. The van der Waals surface area contributed by atoms with Crippen molar-refractivity contribution in [3.8, 4) is 5.75 Å². The average molecular weight is 229 g/mol. The molecule has 1 rings (SSSR count). The highest BCUT2D eigenvalue weighted by molar-refractivity contribution is 5.32. The minimum Gasteiger partial charge on any atom is -0.497 e. The van der Waals surface area contributed by atoms with Gasteiger partial charge in [-0.25, -0.2) is 8.78 Å². The number of rotatable bonds is 4. The lowest BCUT2D eigenvalue weighted by atomic mass is 9.97. The molecule has 0 aliphatic rings. The minimum absolute atomic E-state index is 0.0606. The molecule has 0 amide bonds. The van der Waals surface area contributed by atoms with Crippen molar-refractivity contribution >= 4 is 0 Å². The molecule has 0 radical (unpaired) electrons. The molecule has 0 unspecified atom stereocenters. The summed E-state index contributed by atoms with van der Waals surface area (Å²) in [7, 11) is 1.36. The summed E-state index contributed by atoms with van der Waals surface area (Å²) >= 11 is 0. The van der Waals surface area contributed by atoms with E-state index >= 15 is 0 Å². The van der Waals surface area contributed by atoms with Crippen molar-refractivity contribution < 1.29 is 13.5 Å². The van der Waals surface area contributed by atoms with Crippen LogP contribution in [0.5, 0.6) is 5.75 Å². The van der Waals surface area contributed by atoms with E-state index in [0.717, 1.165) is 12.1 Å². The molecule has 0 fully saturated rings. The molecule has 1 aromatic carbocycles. The monoisotopic (exact) mass is 229 g/mol. The van der Waals surface area contributed by atoms with Crippen molar-refractivity contribution in [2.24, 2.45) is 11.7 Å². The predicted octanol–water partition coefficient (Wildman–Crippen LogP) is 3.02. The van der Waals surface area contributed by atoms with Gasteiger partial charge in [-0.2, -0.15) is 0 Å². The molecule has 4 heteroatoms. The Labute approximate surface area is 94.4 Å². The van der Waals surface area contributed by atoms with Gasteiger partial charge in [0.15, 0.2) is 0 Å². The maximum absolute atomic E-state index is 13.6. The molecule has 0 saturated carbocycles. The van der Waals surface area contributed by atoms with Crippen molar-refractivity contribution in [2.75, 3.05) is 7.11 Å². The Morgan fingerprint density at radius 1 is 1.25 bits per heavy atom. The summed E-state index contributed by atoms with van der Waals surface area (Å²) in [5.41, 5.74) is 5.71. The predicted molar refractivity (Wildman–Crippen MR) is 59.3 cm³/mol. The van der Waals surface area contributed by atoms with Crippen LogP contribution in [0.15, 0.2) is 12.1 Å². The molecule has 16 heavy (non-hydrogen) atoms. The van der Waals surface area contributed by atoms with Crippen molar-refractivity contribution in [1.29, 1.82) is 0 Å². The molecule has 90 valence electrons. The van der Waals surface area contributed by atoms with Crippen molar-refractivity contribution in [3.05, 3.63) is 29.3 Å². The first-order chi connectivity index (χ1) is 7.45. The molecule has 2 nitrogen and oxygen atoms in total. The fourth-order valence-electron chi connectivity index (χ4n) is 1.66. The zero-order chi connectivity index (χ0) is 12.3. The molecule has 0 bridgehead atoms. The number of hydrogen-bond donors (Lipinski definition) is 1. The first-order valence-electron chi connectivity index (χ1n) is 5.24. The van der Waals surface area contributed by atoms with E-state index in [4.69, 9.17) is 10.5 Å². The second-order valence-electron chi connectivity index (χ2n) is 4.24. The van der Waals surface area contributed by atoms with Gasteiger partial charge >= 0.3 is 0 Å². The van der Waals surface area contributed by atoms with E-state index in [1.54, 1.807) is 0 Å². The Bertz CT molecular complexity index is 343. The highest BCUT2D eigenvalue weighted by Crippen LogP contribution is 2.27. The quantitative estimate of drug-likeness (QED) is 0.861. The number of hydrogen-bond acceptors (Lipinski definition) is 2. The van der Waals surface area contributed by atoms with Crippen molar-refractivity contribution in [1.82, 2.24) is 0 Å². The van der Waals surface area contributed by atoms with E-state index in [9.17, 15) is 8.78 Å². The van der Waals surface area contributed by atoms with Crippen LogP contribution in [0.4, 0.5) is 8.78 Å². The SMILES string of the molecule is COc1cc(F)c([C@H](N)CC(C)C)c(F)c1. The number of nitrogens with two attached hydrogens (primary N) is 1. The first kappa shape index (κ1) is 12.9. The van der Waals surface area contributed by atoms with Crippen LogP contribution in [0.3, 0.4) is 0 Å². The number of ether oxygens (including phenoxy) is 1. The maximum atomic E-state index is 13.6. The van der Waals surface area contributed by atoms with Crippen LogP contribution in [0.2, 0.25) is 0 Å². The summed E-state index contributed by atoms with van der Waals surface area (Å²) in [5, 5.41) is 0. The van der Waals surface area contributed by atoms with Gasteiger partial charge in [-0.15, -0.1) is 0 Å². The Morgan fingerprint density at radius 3 is 2.12 bits per heavy atom. The highest BCUT2D eigenvalue weighted by Gasteiger charge is 2.19. The van der Waals surface area contributed by atoms with Crippen LogP contribution in [0, 0.1) is 17.6 Å². The van der Waals surface area contributed by atoms with Gasteiger partial charge in [0.2, 0.25) is 0 Å². The zero-order valence-electron chi connectivity index (χ0n) is 9.76. The second-order valence-corrected chi connectivity index (χ2v) is 4.24. The lowest BCUT2D eigenvalue weighted by molar-refractivity contribution is 0.401. The van der Waals surface area contributed by atoms with Crippen LogP contribution in [-0.4, -0.2) is 7.11 Å². The lowest BCUT2D eigenvalue weighted by Crippen LogP contribution is -2.16. The van der Waals surface area contributed by atoms with Crippen molar-refractivity contribution in [3.63, 3.8) is 0 Å². The third-order valence-corrected chi connectivity index (χ3v) is 2.38. The minimum atomic E-state index is -0.648. The average Bonchev–Trinajstić information content (AvgIpc) is 2.15. The molecule has 0 spiro atoms. The molecular weight excluding hydrogens is 212 g/mol. The third kappa shape index (κ3) is 2.92. The van der Waals surface area contributed by atoms with Gasteiger partial charge in [-0.1, -0.05) is 13.8 Å². The van der Waals surface area contributed by atoms with Crippen LogP contribution >= 0.6 is 0 Å². The molecule has 2 N–H and O–H groups in total. The van der Waals surface area contributed by atoms with Gasteiger partial charge in [0.05, 0.1) is 7.11 Å². The normalized spacial score (nSPS) is 12.9. The van der Waals surface area contributed by atoms with Gasteiger partial charge < -0.3 is 10.5 Å². The van der Waals surface area contributed by atoms with E-state index in [1.165, 1.54) is 7.11 Å². The summed E-state index contributed by atoms with van der Waals surface area (Å²) in [6.45, 7) is 3.92. The Balaban J connectivity index is 3.04. The highest BCUT2D eigenvalue weighted by atomic mass is 19.1. The Morgan fingerprint density at radius 2 is 1.75 bits per heavy atom. The molecule has 1 aromatic rings. The fourth-order valence-corrected chi connectivity index (χ4v) is 1.66. The summed E-state index contributed by atoms with van der Waals surface area (Å²) in [4.78, 5) is 0. The molecule has 0 heterocycles. The first-order valence-corrected chi connectivity index (χ1v) is 5.24. The molecule has 0 aromatic heterocycles. The smallest absolute Gasteiger partial charge is 0.134 e. The van der Waals surface area contributed by atoms with E-state index in [2.05, 4.69) is 0 Å². The third-order valence-electron chi connectivity index (χ3n) is 2.38. The van der Waals surface area contributed by atoms with Crippen LogP contribution in [-0.2, 0) is 0 Å². The second kappa shape index (κ2) is 5.25. The van der Waals surface area contributed by atoms with E-state index in [1.807, 2.05) is 13.8 Å².